The Morgan fingerprint density at radius 2 is 1.97 bits per heavy atom. The molecule has 1 N–H and O–H groups in total. The molecule has 8 heteroatoms. The molecule has 0 radical (unpaired) electrons. The molecule has 1 heterocycles. The van der Waals surface area contributed by atoms with Gasteiger partial charge in [-0.25, -0.2) is 0 Å². The van der Waals surface area contributed by atoms with E-state index in [1.54, 1.807) is 7.11 Å². The molecule has 32 heavy (non-hydrogen) atoms. The molecule has 2 aromatic carbocycles. The minimum absolute atomic E-state index is 0.0253. The summed E-state index contributed by atoms with van der Waals surface area (Å²) in [6.07, 6.45) is 4.65. The van der Waals surface area contributed by atoms with E-state index in [-0.39, 0.29) is 17.7 Å². The molecule has 1 aliphatic rings. The average molecular weight is 471 g/mol. The first-order chi connectivity index (χ1) is 15.6. The highest BCUT2D eigenvalue weighted by Gasteiger charge is 2.24. The second kappa shape index (κ2) is 10.4. The minimum Gasteiger partial charge on any atom is -0.495 e. The van der Waals surface area contributed by atoms with Gasteiger partial charge in [-0.1, -0.05) is 73.5 Å². The Bertz CT molecular complexity index is 1070. The lowest BCUT2D eigenvalue weighted by atomic mass is 9.86. The van der Waals surface area contributed by atoms with Crippen molar-refractivity contribution in [1.82, 2.24) is 20.1 Å². The van der Waals surface area contributed by atoms with Crippen LogP contribution in [-0.4, -0.2) is 39.6 Å². The summed E-state index contributed by atoms with van der Waals surface area (Å²) in [6.45, 7) is 2.22. The van der Waals surface area contributed by atoms with Crippen molar-refractivity contribution >= 4 is 29.3 Å². The third-order valence-corrected chi connectivity index (χ3v) is 7.07. The largest absolute Gasteiger partial charge is 0.495 e. The van der Waals surface area contributed by atoms with Gasteiger partial charge in [-0.3, -0.25) is 9.36 Å². The van der Waals surface area contributed by atoms with E-state index in [4.69, 9.17) is 16.3 Å². The number of nitrogens with one attached hydrogen (secondary N) is 1. The molecule has 3 aromatic rings. The average Bonchev–Trinajstić information content (AvgIpc) is 3.24. The molecule has 168 valence electrons. The summed E-state index contributed by atoms with van der Waals surface area (Å²) in [5, 5.41) is 13.2. The van der Waals surface area contributed by atoms with Gasteiger partial charge >= 0.3 is 0 Å². The standard InChI is InChI=1S/C24H27ClN4O2S/c1-16-8-6-7-11-20(16)26-22(30)15-32-24-28-27-23(17-9-4-3-5-10-17)29(24)18-12-13-21(31-2)19(25)14-18/h3-5,9-10,12-14,16,20H,6-8,11,15H2,1-2H3,(H,26,30)/t16-,20+/m1/s1. The third-order valence-electron chi connectivity index (χ3n) is 5.85. The van der Waals surface area contributed by atoms with Crippen LogP contribution >= 0.6 is 23.4 Å². The zero-order valence-corrected chi connectivity index (χ0v) is 19.8. The number of halogens is 1. The van der Waals surface area contributed by atoms with E-state index in [1.165, 1.54) is 31.0 Å². The summed E-state index contributed by atoms with van der Waals surface area (Å²) in [7, 11) is 1.59. The van der Waals surface area contributed by atoms with Gasteiger partial charge in [-0.15, -0.1) is 10.2 Å². The van der Waals surface area contributed by atoms with Crippen LogP contribution in [0.25, 0.3) is 17.1 Å². The fraction of sp³-hybridized carbons (Fsp3) is 0.375. The Kier molecular flexibility index (Phi) is 7.37. The monoisotopic (exact) mass is 470 g/mol. The van der Waals surface area contributed by atoms with E-state index in [0.29, 0.717) is 27.7 Å². The van der Waals surface area contributed by atoms with E-state index in [2.05, 4.69) is 22.4 Å². The van der Waals surface area contributed by atoms with Crippen molar-refractivity contribution in [3.05, 3.63) is 53.6 Å². The Morgan fingerprint density at radius 1 is 1.19 bits per heavy atom. The highest BCUT2D eigenvalue weighted by molar-refractivity contribution is 7.99. The van der Waals surface area contributed by atoms with Gasteiger partial charge in [0.1, 0.15) is 5.75 Å². The Balaban J connectivity index is 1.59. The first kappa shape index (κ1) is 22.7. The summed E-state index contributed by atoms with van der Waals surface area (Å²) in [5.41, 5.74) is 1.74. The van der Waals surface area contributed by atoms with Crippen LogP contribution in [0.4, 0.5) is 0 Å². The normalized spacial score (nSPS) is 18.3. The van der Waals surface area contributed by atoms with Crippen LogP contribution in [0.1, 0.15) is 32.6 Å². The number of hydrogen-bond donors (Lipinski definition) is 1. The van der Waals surface area contributed by atoms with E-state index < -0.39 is 0 Å². The van der Waals surface area contributed by atoms with Crippen LogP contribution in [0.2, 0.25) is 5.02 Å². The van der Waals surface area contributed by atoms with Gasteiger partial charge in [-0.2, -0.15) is 0 Å². The molecule has 1 saturated carbocycles. The molecule has 0 unspecified atom stereocenters. The van der Waals surface area contributed by atoms with Crippen molar-refractivity contribution in [2.45, 2.75) is 43.8 Å². The minimum atomic E-state index is 0.0253. The van der Waals surface area contributed by atoms with Crippen molar-refractivity contribution < 1.29 is 9.53 Å². The summed E-state index contributed by atoms with van der Waals surface area (Å²) in [4.78, 5) is 12.7. The van der Waals surface area contributed by atoms with Gasteiger partial charge in [0.25, 0.3) is 0 Å². The molecule has 0 aliphatic heterocycles. The number of aromatic nitrogens is 3. The Labute approximate surface area is 197 Å². The molecule has 4 rings (SSSR count). The molecule has 6 nitrogen and oxygen atoms in total. The zero-order chi connectivity index (χ0) is 22.5. The molecule has 1 aromatic heterocycles. The summed E-state index contributed by atoms with van der Waals surface area (Å²) in [6, 6.07) is 15.7. The predicted octanol–water partition coefficient (Wildman–Crippen LogP) is 5.38. The number of thioether (sulfide) groups is 1. The van der Waals surface area contributed by atoms with Crippen molar-refractivity contribution in [2.24, 2.45) is 5.92 Å². The van der Waals surface area contributed by atoms with Gasteiger partial charge in [0.15, 0.2) is 11.0 Å². The number of methoxy groups -OCH3 is 1. The van der Waals surface area contributed by atoms with E-state index >= 15 is 0 Å². The van der Waals surface area contributed by atoms with Crippen molar-refractivity contribution in [3.8, 4) is 22.8 Å². The Morgan fingerprint density at radius 3 is 2.69 bits per heavy atom. The SMILES string of the molecule is COc1ccc(-n2c(SCC(=O)N[C@H]3CCCC[C@H]3C)nnc2-c2ccccc2)cc1Cl. The maximum Gasteiger partial charge on any atom is 0.230 e. The zero-order valence-electron chi connectivity index (χ0n) is 18.3. The molecule has 2 atom stereocenters. The number of rotatable bonds is 7. The quantitative estimate of drug-likeness (QED) is 0.469. The summed E-state index contributed by atoms with van der Waals surface area (Å²) < 4.78 is 7.22. The maximum atomic E-state index is 12.7. The van der Waals surface area contributed by atoms with Crippen LogP contribution < -0.4 is 10.1 Å². The van der Waals surface area contributed by atoms with Crippen LogP contribution in [-0.2, 0) is 4.79 Å². The second-order valence-corrected chi connectivity index (χ2v) is 9.40. The highest BCUT2D eigenvalue weighted by atomic mass is 35.5. The maximum absolute atomic E-state index is 12.7. The second-order valence-electron chi connectivity index (χ2n) is 8.05. The van der Waals surface area contributed by atoms with Gasteiger partial charge in [0.2, 0.25) is 5.91 Å². The number of nitrogens with zero attached hydrogens (tertiary/aromatic N) is 3. The lowest BCUT2D eigenvalue weighted by Crippen LogP contribution is -2.41. The summed E-state index contributed by atoms with van der Waals surface area (Å²) in [5.74, 6) is 2.11. The fourth-order valence-corrected chi connectivity index (χ4v) is 5.09. The lowest BCUT2D eigenvalue weighted by molar-refractivity contribution is -0.119. The van der Waals surface area contributed by atoms with Crippen molar-refractivity contribution in [2.75, 3.05) is 12.9 Å². The highest BCUT2D eigenvalue weighted by Crippen LogP contribution is 2.32. The van der Waals surface area contributed by atoms with Crippen molar-refractivity contribution in [1.29, 1.82) is 0 Å². The van der Waals surface area contributed by atoms with E-state index in [0.717, 1.165) is 17.7 Å². The van der Waals surface area contributed by atoms with Crippen LogP contribution in [0.3, 0.4) is 0 Å². The smallest absolute Gasteiger partial charge is 0.230 e. The molecule has 1 fully saturated rings. The molecular formula is C24H27ClN4O2S. The van der Waals surface area contributed by atoms with Gasteiger partial charge in [-0.05, 0) is 37.0 Å². The number of amides is 1. The molecule has 1 amide bonds. The lowest BCUT2D eigenvalue weighted by Gasteiger charge is -2.29. The number of carbonyl (C=O) groups excluding carboxylic acids is 1. The predicted molar refractivity (Wildman–Crippen MR) is 129 cm³/mol. The first-order valence-corrected chi connectivity index (χ1v) is 12.2. The summed E-state index contributed by atoms with van der Waals surface area (Å²) >= 11 is 7.77. The topological polar surface area (TPSA) is 69.0 Å². The third kappa shape index (κ3) is 5.10. The van der Waals surface area contributed by atoms with Crippen LogP contribution in [0.5, 0.6) is 5.75 Å². The van der Waals surface area contributed by atoms with Gasteiger partial charge in [0, 0.05) is 11.6 Å². The van der Waals surface area contributed by atoms with Crippen molar-refractivity contribution in [3.63, 3.8) is 0 Å². The van der Waals surface area contributed by atoms with E-state index in [9.17, 15) is 4.79 Å². The fourth-order valence-electron chi connectivity index (χ4n) is 4.07. The molecule has 1 aliphatic carbocycles. The van der Waals surface area contributed by atoms with Crippen LogP contribution in [0.15, 0.2) is 53.7 Å². The number of ether oxygens (including phenoxy) is 1. The number of hydrogen-bond acceptors (Lipinski definition) is 5. The molecule has 0 saturated heterocycles. The number of carbonyl (C=O) groups is 1. The van der Waals surface area contributed by atoms with Gasteiger partial charge in [0.05, 0.1) is 23.6 Å². The van der Waals surface area contributed by atoms with E-state index in [1.807, 2.05) is 53.1 Å². The molecular weight excluding hydrogens is 444 g/mol. The van der Waals surface area contributed by atoms with Crippen LogP contribution in [0, 0.1) is 5.92 Å². The first-order valence-electron chi connectivity index (χ1n) is 10.8. The molecule has 0 bridgehead atoms. The Hall–Kier alpha value is -2.51. The van der Waals surface area contributed by atoms with Gasteiger partial charge < -0.3 is 10.1 Å². The number of benzene rings is 2. The molecule has 0 spiro atoms.